The van der Waals surface area contributed by atoms with Crippen molar-refractivity contribution in [1.82, 2.24) is 9.88 Å². The summed E-state index contributed by atoms with van der Waals surface area (Å²) in [4.78, 5) is 30.8. The molecule has 2 aliphatic rings. The maximum Gasteiger partial charge on any atom is 0.268 e. The lowest BCUT2D eigenvalue weighted by Gasteiger charge is -2.18. The second kappa shape index (κ2) is 9.62. The molecule has 36 heavy (non-hydrogen) atoms. The number of benzene rings is 2. The topological polar surface area (TPSA) is 74.1 Å². The number of ketones is 1. The number of amides is 1. The van der Waals surface area contributed by atoms with Crippen LogP contribution in [0.4, 0.5) is 8.78 Å². The largest absolute Gasteiger partial charge is 0.320 e. The fourth-order valence-corrected chi connectivity index (χ4v) is 5.09. The van der Waals surface area contributed by atoms with Crippen LogP contribution >= 0.6 is 0 Å². The molecule has 2 aromatic carbocycles. The molecule has 3 aromatic rings. The van der Waals surface area contributed by atoms with Crippen LogP contribution in [-0.2, 0) is 17.6 Å². The first kappa shape index (κ1) is 23.8. The maximum atomic E-state index is 13.7. The molecule has 5 rings (SSSR count). The summed E-state index contributed by atoms with van der Waals surface area (Å²) in [5, 5.41) is 9.79. The Morgan fingerprint density at radius 1 is 1.06 bits per heavy atom. The summed E-state index contributed by atoms with van der Waals surface area (Å²) in [5.74, 6) is -3.95. The van der Waals surface area contributed by atoms with E-state index in [2.05, 4.69) is 23.2 Å². The second-order valence-electron chi connectivity index (χ2n) is 9.50. The number of pyridine rings is 1. The summed E-state index contributed by atoms with van der Waals surface area (Å²) >= 11 is 0. The van der Waals surface area contributed by atoms with E-state index in [1.54, 1.807) is 18.3 Å². The molecular weight excluding hydrogens is 460 g/mol. The van der Waals surface area contributed by atoms with Crippen LogP contribution in [0.5, 0.6) is 0 Å². The van der Waals surface area contributed by atoms with Gasteiger partial charge in [-0.25, -0.2) is 8.78 Å². The van der Waals surface area contributed by atoms with Gasteiger partial charge in [0.2, 0.25) is 5.91 Å². The molecule has 0 radical (unpaired) electrons. The van der Waals surface area contributed by atoms with Crippen LogP contribution in [0.15, 0.2) is 48.7 Å². The lowest BCUT2D eigenvalue weighted by atomic mass is 9.99. The molecule has 0 bridgehead atoms. The van der Waals surface area contributed by atoms with Gasteiger partial charge in [0, 0.05) is 36.4 Å². The van der Waals surface area contributed by atoms with E-state index in [1.807, 2.05) is 30.4 Å². The molecule has 5 nitrogen and oxygen atoms in total. The molecule has 0 N–H and O–H groups in total. The minimum atomic E-state index is -3.08. The Labute approximate surface area is 208 Å². The van der Waals surface area contributed by atoms with E-state index in [4.69, 9.17) is 5.26 Å². The van der Waals surface area contributed by atoms with Gasteiger partial charge in [0.05, 0.1) is 18.1 Å². The third-order valence-corrected chi connectivity index (χ3v) is 6.96. The molecule has 182 valence electrons. The molecule has 7 heteroatoms. The van der Waals surface area contributed by atoms with Crippen molar-refractivity contribution in [3.05, 3.63) is 76.5 Å². The van der Waals surface area contributed by atoms with E-state index < -0.39 is 30.8 Å². The van der Waals surface area contributed by atoms with Gasteiger partial charge in [-0.2, -0.15) is 5.26 Å². The first-order valence-electron chi connectivity index (χ1n) is 12.1. The van der Waals surface area contributed by atoms with E-state index in [0.29, 0.717) is 16.5 Å². The van der Waals surface area contributed by atoms with E-state index in [1.165, 1.54) is 17.5 Å². The summed E-state index contributed by atoms with van der Waals surface area (Å²) in [6.45, 7) is -0.781. The fraction of sp³-hybridized carbons (Fsp3) is 0.310. The number of carbonyl (C=O) groups excluding carboxylic acids is 2. The molecule has 1 fully saturated rings. The maximum absolute atomic E-state index is 13.7. The first-order valence-corrected chi connectivity index (χ1v) is 12.1. The number of fused-ring (bicyclic) bond motifs is 2. The summed E-state index contributed by atoms with van der Waals surface area (Å²) < 4.78 is 27.3. The molecule has 1 aromatic heterocycles. The van der Waals surface area contributed by atoms with Crippen molar-refractivity contribution in [3.8, 4) is 6.07 Å². The Kier molecular flexibility index (Phi) is 6.36. The Morgan fingerprint density at radius 2 is 1.81 bits per heavy atom. The monoisotopic (exact) mass is 485 g/mol. The van der Waals surface area contributed by atoms with Gasteiger partial charge in [-0.3, -0.25) is 14.6 Å². The lowest BCUT2D eigenvalue weighted by molar-refractivity contribution is -0.132. The summed E-state index contributed by atoms with van der Waals surface area (Å²) in [6, 6.07) is 14.4. The number of hydrogen-bond donors (Lipinski definition) is 0. The molecule has 0 unspecified atom stereocenters. The molecular formula is C29H25F2N3O2. The fourth-order valence-electron chi connectivity index (χ4n) is 5.09. The predicted octanol–water partition coefficient (Wildman–Crippen LogP) is 5.62. The molecule has 1 saturated heterocycles. The number of aromatic nitrogens is 1. The van der Waals surface area contributed by atoms with E-state index >= 15 is 0 Å². The van der Waals surface area contributed by atoms with Gasteiger partial charge in [-0.05, 0) is 59.7 Å². The predicted molar refractivity (Wildman–Crippen MR) is 133 cm³/mol. The Bertz CT molecular complexity index is 1420. The van der Waals surface area contributed by atoms with Crippen LogP contribution in [0, 0.1) is 11.3 Å². The number of likely N-dealkylation sites (tertiary alicyclic amines) is 1. The number of rotatable bonds is 6. The zero-order valence-corrected chi connectivity index (χ0v) is 19.7. The zero-order valence-electron chi connectivity index (χ0n) is 19.7. The molecule has 1 amide bonds. The highest BCUT2D eigenvalue weighted by molar-refractivity contribution is 6.08. The molecule has 1 aliphatic heterocycles. The normalized spacial score (nSPS) is 18.5. The molecule has 0 saturated carbocycles. The highest BCUT2D eigenvalue weighted by Crippen LogP contribution is 2.32. The highest BCUT2D eigenvalue weighted by atomic mass is 19.3. The van der Waals surface area contributed by atoms with Gasteiger partial charge in [0.15, 0.2) is 5.78 Å². The van der Waals surface area contributed by atoms with E-state index in [-0.39, 0.29) is 18.6 Å². The number of halogens is 2. The number of hydrogen-bond acceptors (Lipinski definition) is 4. The molecule has 1 aliphatic carbocycles. The number of carbonyl (C=O) groups is 2. The average Bonchev–Trinajstić information content (AvgIpc) is 3.48. The number of aryl methyl sites for hydroxylation is 2. The summed E-state index contributed by atoms with van der Waals surface area (Å²) in [6.07, 6.45) is 8.02. The Morgan fingerprint density at radius 3 is 2.61 bits per heavy atom. The van der Waals surface area contributed by atoms with Gasteiger partial charge in [0.1, 0.15) is 6.04 Å². The van der Waals surface area contributed by atoms with Gasteiger partial charge in [0.25, 0.3) is 5.92 Å². The average molecular weight is 486 g/mol. The zero-order chi connectivity index (χ0) is 25.3. The van der Waals surface area contributed by atoms with Gasteiger partial charge < -0.3 is 4.90 Å². The van der Waals surface area contributed by atoms with Gasteiger partial charge in [-0.15, -0.1) is 0 Å². The van der Waals surface area contributed by atoms with Crippen LogP contribution in [0.25, 0.3) is 23.1 Å². The van der Waals surface area contributed by atoms with Crippen molar-refractivity contribution in [1.29, 1.82) is 5.26 Å². The van der Waals surface area contributed by atoms with Crippen LogP contribution < -0.4 is 0 Å². The second-order valence-corrected chi connectivity index (χ2v) is 9.50. The smallest absolute Gasteiger partial charge is 0.268 e. The SMILES string of the molecule is N#C[C@@H]1CC(F)(F)CN1C(=O)CCC(=O)c1ccnc2ccc(/C=C/c3ccc4c(c3)CCC4)cc12. The minimum Gasteiger partial charge on any atom is -0.320 e. The number of Topliss-reactive ketones (excluding diaryl/α,β-unsaturated/α-hetero) is 1. The van der Waals surface area contributed by atoms with Crippen LogP contribution in [0.1, 0.15) is 58.3 Å². The van der Waals surface area contributed by atoms with Crippen molar-refractivity contribution in [3.63, 3.8) is 0 Å². The third-order valence-electron chi connectivity index (χ3n) is 6.96. The van der Waals surface area contributed by atoms with Crippen molar-refractivity contribution < 1.29 is 18.4 Å². The molecule has 0 spiro atoms. The molecule has 2 heterocycles. The van der Waals surface area contributed by atoms with Crippen LogP contribution in [-0.4, -0.2) is 40.1 Å². The summed E-state index contributed by atoms with van der Waals surface area (Å²) in [7, 11) is 0. The summed E-state index contributed by atoms with van der Waals surface area (Å²) in [5.41, 5.74) is 5.96. The van der Waals surface area contributed by atoms with E-state index in [9.17, 15) is 18.4 Å². The Hall–Kier alpha value is -3.92. The first-order chi connectivity index (χ1) is 17.3. The number of alkyl halides is 2. The third kappa shape index (κ3) is 4.90. The quantitative estimate of drug-likeness (QED) is 0.336. The number of nitriles is 1. The van der Waals surface area contributed by atoms with Crippen molar-refractivity contribution in [2.45, 2.75) is 50.5 Å². The number of nitrogens with zero attached hydrogens (tertiary/aromatic N) is 3. The molecule has 1 atom stereocenters. The van der Waals surface area contributed by atoms with Crippen molar-refractivity contribution >= 4 is 34.7 Å². The van der Waals surface area contributed by atoms with Crippen LogP contribution in [0.2, 0.25) is 0 Å². The van der Waals surface area contributed by atoms with Crippen molar-refractivity contribution in [2.24, 2.45) is 0 Å². The standard InChI is InChI=1S/C29H25F2N3O2/c30-29(31)16-23(17-32)34(18-29)28(36)11-10-27(35)24-12-13-33-26-9-7-20(15-25(24)26)5-4-19-6-8-21-2-1-3-22(21)14-19/h4-9,12-15,23H,1-3,10-11,16,18H2/b5-4+/t23-/m0/s1. The highest BCUT2D eigenvalue weighted by Gasteiger charge is 2.47. The van der Waals surface area contributed by atoms with Crippen LogP contribution in [0.3, 0.4) is 0 Å². The Balaban J connectivity index is 1.31. The van der Waals surface area contributed by atoms with Gasteiger partial charge >= 0.3 is 0 Å². The minimum absolute atomic E-state index is 0.132. The lowest BCUT2D eigenvalue weighted by Crippen LogP contribution is -2.36. The van der Waals surface area contributed by atoms with Crippen molar-refractivity contribution in [2.75, 3.05) is 6.54 Å². The van der Waals surface area contributed by atoms with E-state index in [0.717, 1.165) is 28.9 Å². The van der Waals surface area contributed by atoms with Gasteiger partial charge in [-0.1, -0.05) is 36.4 Å².